The molecule has 5 nitrogen and oxygen atoms in total. The maximum atomic E-state index is 6.88. The van der Waals surface area contributed by atoms with E-state index in [0.717, 1.165) is 82.9 Å². The van der Waals surface area contributed by atoms with Gasteiger partial charge >= 0.3 is 0 Å². The Bertz CT molecular complexity index is 4070. The predicted molar refractivity (Wildman–Crippen MR) is 294 cm³/mol. The van der Waals surface area contributed by atoms with Gasteiger partial charge in [-0.15, -0.1) is 65.4 Å². The molecular weight excluding hydrogens is 1070 g/mol. The average Bonchev–Trinajstić information content (AvgIpc) is 4.17. The van der Waals surface area contributed by atoms with Crippen molar-refractivity contribution in [2.75, 3.05) is 0 Å². The van der Waals surface area contributed by atoms with Crippen LogP contribution in [0.5, 0.6) is 0 Å². The van der Waals surface area contributed by atoms with Gasteiger partial charge < -0.3 is 18.4 Å². The van der Waals surface area contributed by atoms with Crippen molar-refractivity contribution in [3.8, 4) is 38.8 Å². The summed E-state index contributed by atoms with van der Waals surface area (Å²) in [5, 5.41) is 7.77. The molecule has 0 aliphatic heterocycles. The van der Waals surface area contributed by atoms with Gasteiger partial charge in [0.1, 0.15) is 16.7 Å². The Morgan fingerprint density at radius 2 is 1.28 bits per heavy atom. The summed E-state index contributed by atoms with van der Waals surface area (Å²) in [5.41, 5.74) is 14.7. The van der Waals surface area contributed by atoms with Gasteiger partial charge in [-0.25, -0.2) is 0 Å². The molecule has 0 aliphatic rings. The summed E-state index contributed by atoms with van der Waals surface area (Å²) in [6.45, 7) is 15.8. The van der Waals surface area contributed by atoms with Crippen LogP contribution in [0.2, 0.25) is 0 Å². The SMILES string of the molecule is CC(C)(C)c1ccnc(-c2[c-]cccc2)c1.CC(C)c1cc(-c2cc3ccccc3s2)cc(C(C)C)c1-n1c(-c2[c-]ccc3c2oc2cc4c(cc23)oc2ccccc24)nc2ccc3ccccc3c21.[Ir]. The molecule has 0 saturated heterocycles. The van der Waals surface area contributed by atoms with Crippen molar-refractivity contribution >= 4 is 87.1 Å². The summed E-state index contributed by atoms with van der Waals surface area (Å²) >= 11 is 1.86. The zero-order valence-corrected chi connectivity index (χ0v) is 43.9. The van der Waals surface area contributed by atoms with E-state index in [-0.39, 0.29) is 37.4 Å². The Balaban J connectivity index is 0.000000275. The first kappa shape index (κ1) is 46.2. The molecule has 13 rings (SSSR count). The van der Waals surface area contributed by atoms with Crippen molar-refractivity contribution in [1.82, 2.24) is 14.5 Å². The second kappa shape index (κ2) is 18.2. The van der Waals surface area contributed by atoms with Crippen LogP contribution < -0.4 is 0 Å². The van der Waals surface area contributed by atoms with E-state index < -0.39 is 0 Å². The fourth-order valence-electron chi connectivity index (χ4n) is 10.0. The third-order valence-corrected chi connectivity index (χ3v) is 14.8. The van der Waals surface area contributed by atoms with Crippen molar-refractivity contribution in [3.05, 3.63) is 199 Å². The van der Waals surface area contributed by atoms with E-state index in [1.807, 2.05) is 66.1 Å². The molecule has 71 heavy (non-hydrogen) atoms. The Labute approximate surface area is 431 Å². The molecule has 0 saturated carbocycles. The number of hydrogen-bond donors (Lipinski definition) is 0. The second-order valence-corrected chi connectivity index (χ2v) is 21.1. The van der Waals surface area contributed by atoms with Crippen LogP contribution in [0.25, 0.3) is 115 Å². The van der Waals surface area contributed by atoms with E-state index in [1.165, 1.54) is 48.3 Å². The number of imidazole rings is 1. The standard InChI is InChI=1S/C49H35N2O2S.C15H16N.Ir/c1-27(2)36-22-31(45-24-30-13-6-10-19-44(30)54-45)23-37(28(3)4)46(36)51-47-32-14-7-5-12-29(32)20-21-40(47)50-49(51)35-17-11-16-34-39-26-42-38(25-43(39)53-48(34)35)33-15-8-9-18-41(33)52-42;1-15(2,3)13-9-10-16-14(11-13)12-7-5-4-6-8-12;/h5-16,18-28H,1-4H3;4-7,9-11H,1-3H3;/q2*-1;. The molecule has 7 heteroatoms. The molecule has 351 valence electrons. The van der Waals surface area contributed by atoms with Gasteiger partial charge in [0.2, 0.25) is 0 Å². The number of benzene rings is 8. The summed E-state index contributed by atoms with van der Waals surface area (Å²) in [6, 6.07) is 64.3. The fraction of sp³-hybridized carbons (Fsp3) is 0.156. The van der Waals surface area contributed by atoms with Crippen LogP contribution in [0, 0.1) is 12.1 Å². The number of hydrogen-bond acceptors (Lipinski definition) is 5. The number of furan rings is 2. The maximum absolute atomic E-state index is 6.88. The summed E-state index contributed by atoms with van der Waals surface area (Å²) < 4.78 is 16.9. The molecule has 0 unspecified atom stereocenters. The van der Waals surface area contributed by atoms with Crippen molar-refractivity contribution in [1.29, 1.82) is 0 Å². The smallest absolute Gasteiger partial charge is 0.136 e. The van der Waals surface area contributed by atoms with E-state index in [1.54, 1.807) is 0 Å². The average molecular weight is 1120 g/mol. The zero-order valence-electron chi connectivity index (χ0n) is 40.7. The summed E-state index contributed by atoms with van der Waals surface area (Å²) in [7, 11) is 0. The number of pyridine rings is 1. The molecule has 8 aromatic carbocycles. The first-order valence-electron chi connectivity index (χ1n) is 24.2. The molecule has 0 spiro atoms. The van der Waals surface area contributed by atoms with Gasteiger partial charge in [0.25, 0.3) is 0 Å². The number of thiophene rings is 1. The van der Waals surface area contributed by atoms with Gasteiger partial charge in [0.15, 0.2) is 0 Å². The third-order valence-electron chi connectivity index (χ3n) is 13.7. The van der Waals surface area contributed by atoms with Gasteiger partial charge in [-0.1, -0.05) is 132 Å². The van der Waals surface area contributed by atoms with Crippen LogP contribution in [0.4, 0.5) is 0 Å². The first-order chi connectivity index (χ1) is 34.0. The molecule has 13 aromatic rings. The Kier molecular flexibility index (Phi) is 11.9. The van der Waals surface area contributed by atoms with Crippen molar-refractivity contribution < 1.29 is 28.9 Å². The van der Waals surface area contributed by atoms with E-state index in [4.69, 9.17) is 13.8 Å². The van der Waals surface area contributed by atoms with E-state index in [9.17, 15) is 0 Å². The topological polar surface area (TPSA) is 57.0 Å². The second-order valence-electron chi connectivity index (χ2n) is 20.0. The van der Waals surface area contributed by atoms with Gasteiger partial charge in [0, 0.05) is 63.1 Å². The molecule has 0 amide bonds. The van der Waals surface area contributed by atoms with Crippen LogP contribution in [0.3, 0.4) is 0 Å². The summed E-state index contributed by atoms with van der Waals surface area (Å²) in [6.07, 6.45) is 1.87. The molecule has 5 heterocycles. The van der Waals surface area contributed by atoms with Crippen LogP contribution in [0.15, 0.2) is 179 Å². The molecule has 0 bridgehead atoms. The van der Waals surface area contributed by atoms with Gasteiger partial charge in [-0.05, 0) is 111 Å². The Morgan fingerprint density at radius 1 is 0.592 bits per heavy atom. The van der Waals surface area contributed by atoms with Crippen LogP contribution >= 0.6 is 11.3 Å². The monoisotopic (exact) mass is 1120 g/mol. The molecule has 0 atom stereocenters. The fourth-order valence-corrected chi connectivity index (χ4v) is 11.1. The third kappa shape index (κ3) is 8.16. The Hall–Kier alpha value is -7.15. The molecule has 1 radical (unpaired) electrons. The minimum absolute atomic E-state index is 0. The molecule has 0 N–H and O–H groups in total. The zero-order chi connectivity index (χ0) is 47.8. The van der Waals surface area contributed by atoms with E-state index in [2.05, 4.69) is 185 Å². The number of rotatable bonds is 6. The number of nitrogens with zero attached hydrogens (tertiary/aromatic N) is 3. The number of para-hydroxylation sites is 1. The summed E-state index contributed by atoms with van der Waals surface area (Å²) in [4.78, 5) is 11.2. The van der Waals surface area contributed by atoms with E-state index >= 15 is 0 Å². The quantitative estimate of drug-likeness (QED) is 0.156. The van der Waals surface area contributed by atoms with Crippen molar-refractivity contribution in [2.45, 2.75) is 65.7 Å². The first-order valence-corrected chi connectivity index (χ1v) is 25.0. The molecular formula is C64H51IrN3O2S-2. The van der Waals surface area contributed by atoms with Crippen LogP contribution in [-0.2, 0) is 25.5 Å². The van der Waals surface area contributed by atoms with Gasteiger partial charge in [-0.3, -0.25) is 4.98 Å². The molecule has 0 aliphatic carbocycles. The Morgan fingerprint density at radius 3 is 2.01 bits per heavy atom. The number of fused-ring (bicyclic) bond motifs is 10. The molecule has 5 aromatic heterocycles. The van der Waals surface area contributed by atoms with Crippen molar-refractivity contribution in [3.63, 3.8) is 0 Å². The maximum Gasteiger partial charge on any atom is 0.136 e. The molecule has 0 fully saturated rings. The minimum atomic E-state index is 0. The number of aromatic nitrogens is 3. The van der Waals surface area contributed by atoms with Crippen LogP contribution in [-0.4, -0.2) is 14.5 Å². The van der Waals surface area contributed by atoms with Gasteiger partial charge in [-0.2, -0.15) is 0 Å². The van der Waals surface area contributed by atoms with Gasteiger partial charge in [0.05, 0.1) is 22.4 Å². The normalized spacial score (nSPS) is 12.0. The van der Waals surface area contributed by atoms with Crippen LogP contribution in [0.1, 0.15) is 77.0 Å². The predicted octanol–water partition coefficient (Wildman–Crippen LogP) is 18.4. The largest absolute Gasteiger partial charge is 0.501 e. The van der Waals surface area contributed by atoms with Crippen molar-refractivity contribution in [2.24, 2.45) is 0 Å². The summed E-state index contributed by atoms with van der Waals surface area (Å²) in [5.74, 6) is 1.30. The van der Waals surface area contributed by atoms with E-state index in [0.29, 0.717) is 0 Å². The minimum Gasteiger partial charge on any atom is -0.501 e.